The van der Waals surface area contributed by atoms with E-state index in [1.165, 1.54) is 6.92 Å². The fourth-order valence-corrected chi connectivity index (χ4v) is 1.97. The predicted molar refractivity (Wildman–Crippen MR) is 82.8 cm³/mol. The lowest BCUT2D eigenvalue weighted by atomic mass is 10.1. The Bertz CT molecular complexity index is 638. The summed E-state index contributed by atoms with van der Waals surface area (Å²) in [5, 5.41) is 0. The minimum Gasteiger partial charge on any atom is -0.493 e. The molecular formula is C17H19NO3. The van der Waals surface area contributed by atoms with Crippen LogP contribution in [0.3, 0.4) is 0 Å². The lowest BCUT2D eigenvalue weighted by molar-refractivity contribution is 0.101. The van der Waals surface area contributed by atoms with E-state index in [0.29, 0.717) is 30.2 Å². The molecule has 0 fully saturated rings. The molecule has 0 aliphatic carbocycles. The Hall–Kier alpha value is -2.49. The maximum absolute atomic E-state index is 11.5. The maximum atomic E-state index is 11.5. The number of rotatable bonds is 6. The molecular weight excluding hydrogens is 266 g/mol. The van der Waals surface area contributed by atoms with Crippen molar-refractivity contribution in [2.45, 2.75) is 20.5 Å². The first-order valence-corrected chi connectivity index (χ1v) is 6.85. The molecule has 4 heteroatoms. The van der Waals surface area contributed by atoms with Gasteiger partial charge in [0, 0.05) is 22.9 Å². The molecule has 0 bridgehead atoms. The van der Waals surface area contributed by atoms with Crippen molar-refractivity contribution < 1.29 is 14.3 Å². The van der Waals surface area contributed by atoms with Gasteiger partial charge >= 0.3 is 0 Å². The Morgan fingerprint density at radius 1 is 1.14 bits per heavy atom. The average molecular weight is 285 g/mol. The van der Waals surface area contributed by atoms with Crippen LogP contribution in [-0.4, -0.2) is 12.4 Å². The zero-order valence-corrected chi connectivity index (χ0v) is 12.3. The molecule has 0 saturated carbocycles. The average Bonchev–Trinajstić information content (AvgIpc) is 2.46. The van der Waals surface area contributed by atoms with Crippen molar-refractivity contribution in [3.8, 4) is 11.5 Å². The second kappa shape index (κ2) is 6.79. The van der Waals surface area contributed by atoms with Crippen molar-refractivity contribution in [1.82, 2.24) is 0 Å². The molecule has 0 amide bonds. The second-order valence-corrected chi connectivity index (χ2v) is 4.67. The highest BCUT2D eigenvalue weighted by Gasteiger charge is 2.08. The van der Waals surface area contributed by atoms with E-state index in [1.807, 2.05) is 19.1 Å². The summed E-state index contributed by atoms with van der Waals surface area (Å²) in [5.74, 6) is 1.43. The molecule has 0 saturated heterocycles. The fourth-order valence-electron chi connectivity index (χ4n) is 1.97. The van der Waals surface area contributed by atoms with Crippen LogP contribution < -0.4 is 15.2 Å². The lowest BCUT2D eigenvalue weighted by Gasteiger charge is -2.13. The van der Waals surface area contributed by atoms with E-state index < -0.39 is 0 Å². The van der Waals surface area contributed by atoms with Crippen molar-refractivity contribution in [3.63, 3.8) is 0 Å². The standard InChI is InChI=1S/C17H19NO3/c1-3-20-17-8-7-13(12(2)19)9-14(17)11-21-16-6-4-5-15(18)10-16/h4-10H,3,11,18H2,1-2H3. The number of carbonyl (C=O) groups is 1. The number of hydrogen-bond acceptors (Lipinski definition) is 4. The van der Waals surface area contributed by atoms with Crippen molar-refractivity contribution >= 4 is 11.5 Å². The molecule has 2 aromatic rings. The third-order valence-corrected chi connectivity index (χ3v) is 3.02. The van der Waals surface area contributed by atoms with E-state index in [4.69, 9.17) is 15.2 Å². The van der Waals surface area contributed by atoms with Gasteiger partial charge in [-0.05, 0) is 44.2 Å². The summed E-state index contributed by atoms with van der Waals surface area (Å²) >= 11 is 0. The van der Waals surface area contributed by atoms with E-state index in [2.05, 4.69) is 0 Å². The van der Waals surface area contributed by atoms with Crippen LogP contribution in [0.5, 0.6) is 11.5 Å². The van der Waals surface area contributed by atoms with Crippen molar-refractivity contribution in [2.24, 2.45) is 0 Å². The first-order chi connectivity index (χ1) is 10.1. The molecule has 0 aliphatic heterocycles. The number of nitrogen functional groups attached to an aromatic ring is 1. The van der Waals surface area contributed by atoms with Crippen molar-refractivity contribution in [1.29, 1.82) is 0 Å². The van der Waals surface area contributed by atoms with Gasteiger partial charge in [-0.3, -0.25) is 4.79 Å². The van der Waals surface area contributed by atoms with Crippen LogP contribution in [-0.2, 0) is 6.61 Å². The van der Waals surface area contributed by atoms with Crippen LogP contribution in [0.15, 0.2) is 42.5 Å². The van der Waals surface area contributed by atoms with Gasteiger partial charge in [0.1, 0.15) is 18.1 Å². The Labute approximate surface area is 124 Å². The third kappa shape index (κ3) is 3.99. The predicted octanol–water partition coefficient (Wildman–Crippen LogP) is 3.45. The normalized spacial score (nSPS) is 10.2. The van der Waals surface area contributed by atoms with Crippen LogP contribution in [0.25, 0.3) is 0 Å². The van der Waals surface area contributed by atoms with Crippen LogP contribution in [0.4, 0.5) is 5.69 Å². The monoisotopic (exact) mass is 285 g/mol. The summed E-state index contributed by atoms with van der Waals surface area (Å²) in [5.41, 5.74) is 7.85. The minimum atomic E-state index is 0.0169. The molecule has 0 heterocycles. The first kappa shape index (κ1) is 14.9. The molecule has 0 aromatic heterocycles. The molecule has 0 radical (unpaired) electrons. The number of anilines is 1. The van der Waals surface area contributed by atoms with E-state index in [0.717, 1.165) is 11.3 Å². The molecule has 4 nitrogen and oxygen atoms in total. The smallest absolute Gasteiger partial charge is 0.159 e. The number of ether oxygens (including phenoxy) is 2. The van der Waals surface area contributed by atoms with Gasteiger partial charge in [-0.15, -0.1) is 0 Å². The molecule has 0 atom stereocenters. The van der Waals surface area contributed by atoms with Gasteiger partial charge in [-0.2, -0.15) is 0 Å². The zero-order chi connectivity index (χ0) is 15.2. The second-order valence-electron chi connectivity index (χ2n) is 4.67. The van der Waals surface area contributed by atoms with Gasteiger partial charge in [0.15, 0.2) is 5.78 Å². The summed E-state index contributed by atoms with van der Waals surface area (Å²) in [7, 11) is 0. The summed E-state index contributed by atoms with van der Waals surface area (Å²) in [6.07, 6.45) is 0. The van der Waals surface area contributed by atoms with E-state index in [1.54, 1.807) is 30.3 Å². The number of carbonyl (C=O) groups excluding carboxylic acids is 1. The summed E-state index contributed by atoms with van der Waals surface area (Å²) < 4.78 is 11.3. The number of Topliss-reactive ketones (excluding diaryl/α,β-unsaturated/α-hetero) is 1. The summed E-state index contributed by atoms with van der Waals surface area (Å²) in [6.45, 7) is 4.34. The highest BCUT2D eigenvalue weighted by atomic mass is 16.5. The van der Waals surface area contributed by atoms with Crippen LogP contribution >= 0.6 is 0 Å². The van der Waals surface area contributed by atoms with E-state index in [9.17, 15) is 4.79 Å². The number of benzene rings is 2. The van der Waals surface area contributed by atoms with Gasteiger partial charge in [-0.1, -0.05) is 6.07 Å². The third-order valence-electron chi connectivity index (χ3n) is 3.02. The molecule has 0 spiro atoms. The van der Waals surface area contributed by atoms with E-state index >= 15 is 0 Å². The molecule has 2 aromatic carbocycles. The Kier molecular flexibility index (Phi) is 4.82. The SMILES string of the molecule is CCOc1ccc(C(C)=O)cc1COc1cccc(N)c1. The highest BCUT2D eigenvalue weighted by molar-refractivity contribution is 5.94. The van der Waals surface area contributed by atoms with Gasteiger partial charge < -0.3 is 15.2 Å². The molecule has 2 rings (SSSR count). The number of nitrogens with two attached hydrogens (primary N) is 1. The molecule has 0 aliphatic rings. The fraction of sp³-hybridized carbons (Fsp3) is 0.235. The Morgan fingerprint density at radius 3 is 2.62 bits per heavy atom. The topological polar surface area (TPSA) is 61.5 Å². The highest BCUT2D eigenvalue weighted by Crippen LogP contribution is 2.23. The molecule has 110 valence electrons. The van der Waals surface area contributed by atoms with E-state index in [-0.39, 0.29) is 5.78 Å². The quantitative estimate of drug-likeness (QED) is 0.652. The van der Waals surface area contributed by atoms with Gasteiger partial charge in [0.2, 0.25) is 0 Å². The maximum Gasteiger partial charge on any atom is 0.159 e. The molecule has 0 unspecified atom stereocenters. The summed E-state index contributed by atoms with van der Waals surface area (Å²) in [4.78, 5) is 11.5. The number of hydrogen-bond donors (Lipinski definition) is 1. The van der Waals surface area contributed by atoms with Gasteiger partial charge in [0.25, 0.3) is 0 Å². The van der Waals surface area contributed by atoms with Crippen LogP contribution in [0.1, 0.15) is 29.8 Å². The first-order valence-electron chi connectivity index (χ1n) is 6.85. The molecule has 2 N–H and O–H groups in total. The molecule has 21 heavy (non-hydrogen) atoms. The zero-order valence-electron chi connectivity index (χ0n) is 12.3. The number of ketones is 1. The Balaban J connectivity index is 2.20. The van der Waals surface area contributed by atoms with Crippen molar-refractivity contribution in [2.75, 3.05) is 12.3 Å². The Morgan fingerprint density at radius 2 is 1.95 bits per heavy atom. The van der Waals surface area contributed by atoms with Gasteiger partial charge in [0.05, 0.1) is 6.61 Å². The minimum absolute atomic E-state index is 0.0169. The van der Waals surface area contributed by atoms with Crippen LogP contribution in [0.2, 0.25) is 0 Å². The van der Waals surface area contributed by atoms with Crippen molar-refractivity contribution in [3.05, 3.63) is 53.6 Å². The summed E-state index contributed by atoms with van der Waals surface area (Å²) in [6, 6.07) is 12.6. The van der Waals surface area contributed by atoms with Gasteiger partial charge in [-0.25, -0.2) is 0 Å². The largest absolute Gasteiger partial charge is 0.493 e. The lowest BCUT2D eigenvalue weighted by Crippen LogP contribution is -2.03. The van der Waals surface area contributed by atoms with Crippen LogP contribution in [0, 0.1) is 0 Å².